The van der Waals surface area contributed by atoms with Crippen LogP contribution < -0.4 is 9.64 Å². The van der Waals surface area contributed by atoms with Crippen molar-refractivity contribution < 1.29 is 9.53 Å². The van der Waals surface area contributed by atoms with Gasteiger partial charge in [0, 0.05) is 25.7 Å². The first-order valence-corrected chi connectivity index (χ1v) is 7.60. The summed E-state index contributed by atoms with van der Waals surface area (Å²) in [5.74, 6) is 1.33. The number of ether oxygens (including phenoxy) is 1. The number of carbonyl (C=O) groups excluding carboxylic acids is 1. The molecule has 1 aromatic heterocycles. The number of aryl methyl sites for hydroxylation is 1. The van der Waals surface area contributed by atoms with Crippen LogP contribution in [0.1, 0.15) is 11.1 Å². The molecular weight excluding hydrogens is 292 g/mol. The molecular formula is C17H20N4O2. The molecule has 0 N–H and O–H groups in total. The number of piperazine rings is 1. The van der Waals surface area contributed by atoms with Crippen molar-refractivity contribution >= 4 is 11.7 Å². The number of nitrogens with zero attached hydrogens (tertiary/aromatic N) is 4. The van der Waals surface area contributed by atoms with E-state index in [1.807, 2.05) is 15.9 Å². The van der Waals surface area contributed by atoms with Crippen LogP contribution in [0.5, 0.6) is 5.88 Å². The first-order chi connectivity index (χ1) is 11.2. The topological polar surface area (TPSA) is 58.6 Å². The van der Waals surface area contributed by atoms with Crippen LogP contribution in [-0.4, -0.2) is 47.5 Å². The molecule has 2 heterocycles. The van der Waals surface area contributed by atoms with E-state index < -0.39 is 0 Å². The number of anilines is 1. The third-order valence-corrected chi connectivity index (χ3v) is 3.94. The third kappa shape index (κ3) is 3.59. The molecule has 0 radical (unpaired) electrons. The molecule has 1 aromatic carbocycles. The highest BCUT2D eigenvalue weighted by atomic mass is 16.5. The van der Waals surface area contributed by atoms with Crippen molar-refractivity contribution in [2.45, 2.75) is 13.5 Å². The minimum Gasteiger partial charge on any atom is -0.481 e. The van der Waals surface area contributed by atoms with E-state index in [-0.39, 0.29) is 5.91 Å². The molecule has 1 amide bonds. The van der Waals surface area contributed by atoms with Crippen molar-refractivity contribution in [2.24, 2.45) is 0 Å². The van der Waals surface area contributed by atoms with Gasteiger partial charge in [0.2, 0.25) is 11.8 Å². The van der Waals surface area contributed by atoms with Gasteiger partial charge in [0.25, 0.3) is 0 Å². The van der Waals surface area contributed by atoms with E-state index in [4.69, 9.17) is 4.74 Å². The van der Waals surface area contributed by atoms with Crippen molar-refractivity contribution in [2.75, 3.05) is 31.6 Å². The minimum atomic E-state index is 0.107. The van der Waals surface area contributed by atoms with Crippen LogP contribution in [0, 0.1) is 6.92 Å². The molecule has 6 heteroatoms. The van der Waals surface area contributed by atoms with Crippen molar-refractivity contribution in [3.63, 3.8) is 0 Å². The molecule has 6 nitrogen and oxygen atoms in total. The molecule has 1 aliphatic heterocycles. The second kappa shape index (κ2) is 6.64. The lowest BCUT2D eigenvalue weighted by atomic mass is 10.1. The van der Waals surface area contributed by atoms with Gasteiger partial charge in [0.05, 0.1) is 13.7 Å². The van der Waals surface area contributed by atoms with E-state index in [1.165, 1.54) is 11.9 Å². The quantitative estimate of drug-likeness (QED) is 0.859. The van der Waals surface area contributed by atoms with Gasteiger partial charge in [0.15, 0.2) is 0 Å². The van der Waals surface area contributed by atoms with Crippen molar-refractivity contribution in [3.8, 4) is 5.88 Å². The van der Waals surface area contributed by atoms with Crippen molar-refractivity contribution in [1.29, 1.82) is 0 Å². The molecule has 1 saturated heterocycles. The van der Waals surface area contributed by atoms with Crippen LogP contribution in [0.25, 0.3) is 0 Å². The molecule has 23 heavy (non-hydrogen) atoms. The second-order valence-corrected chi connectivity index (χ2v) is 5.64. The smallest absolute Gasteiger partial charge is 0.242 e. The number of amides is 1. The summed E-state index contributed by atoms with van der Waals surface area (Å²) in [6, 6.07) is 10.0. The fourth-order valence-corrected chi connectivity index (χ4v) is 2.72. The Morgan fingerprint density at radius 3 is 2.83 bits per heavy atom. The lowest BCUT2D eigenvalue weighted by Gasteiger charge is -2.35. The molecule has 1 fully saturated rings. The van der Waals surface area contributed by atoms with Crippen LogP contribution in [0.3, 0.4) is 0 Å². The number of hydrogen-bond acceptors (Lipinski definition) is 5. The van der Waals surface area contributed by atoms with Crippen molar-refractivity contribution in [1.82, 2.24) is 14.9 Å². The number of rotatable bonds is 4. The van der Waals surface area contributed by atoms with E-state index in [1.54, 1.807) is 13.2 Å². The number of hydrogen-bond donors (Lipinski definition) is 0. The average molecular weight is 312 g/mol. The highest BCUT2D eigenvalue weighted by Crippen LogP contribution is 2.18. The van der Waals surface area contributed by atoms with E-state index in [2.05, 4.69) is 35.1 Å². The number of carbonyl (C=O) groups is 1. The Bertz CT molecular complexity index is 704. The zero-order valence-corrected chi connectivity index (χ0v) is 13.4. The maximum Gasteiger partial charge on any atom is 0.242 e. The lowest BCUT2D eigenvalue weighted by molar-refractivity contribution is -0.131. The Kier molecular flexibility index (Phi) is 4.41. The molecule has 0 unspecified atom stereocenters. The van der Waals surface area contributed by atoms with Gasteiger partial charge in [0.1, 0.15) is 12.1 Å². The molecule has 0 saturated carbocycles. The van der Waals surface area contributed by atoms with Crippen molar-refractivity contribution in [3.05, 3.63) is 47.8 Å². The molecule has 0 bridgehead atoms. The maximum absolute atomic E-state index is 12.4. The zero-order valence-electron chi connectivity index (χ0n) is 13.4. The molecule has 2 aromatic rings. The SMILES string of the molecule is COc1cc(N2CCN(Cc3cccc(C)c3)C(=O)C2)ncn1. The minimum absolute atomic E-state index is 0.107. The Hall–Kier alpha value is -2.63. The monoisotopic (exact) mass is 312 g/mol. The number of benzene rings is 1. The molecule has 3 rings (SSSR count). The molecule has 120 valence electrons. The summed E-state index contributed by atoms with van der Waals surface area (Å²) < 4.78 is 5.11. The fourth-order valence-electron chi connectivity index (χ4n) is 2.72. The van der Waals surface area contributed by atoms with E-state index >= 15 is 0 Å². The largest absolute Gasteiger partial charge is 0.481 e. The molecule has 0 atom stereocenters. The van der Waals surface area contributed by atoms with Crippen LogP contribution in [-0.2, 0) is 11.3 Å². The van der Waals surface area contributed by atoms with Gasteiger partial charge in [-0.05, 0) is 12.5 Å². The predicted molar refractivity (Wildman–Crippen MR) is 87.4 cm³/mol. The summed E-state index contributed by atoms with van der Waals surface area (Å²) in [4.78, 5) is 24.5. The van der Waals surface area contributed by atoms with Gasteiger partial charge in [-0.1, -0.05) is 29.8 Å². The average Bonchev–Trinajstić information content (AvgIpc) is 2.57. The standard InChI is InChI=1S/C17H20N4O2/c1-13-4-3-5-14(8-13)10-21-7-6-20(11-17(21)22)15-9-16(23-2)19-12-18-15/h3-5,8-9,12H,6-7,10-11H2,1-2H3. The number of aromatic nitrogens is 2. The third-order valence-electron chi connectivity index (χ3n) is 3.94. The summed E-state index contributed by atoms with van der Waals surface area (Å²) in [5.41, 5.74) is 2.37. The van der Waals surface area contributed by atoms with Gasteiger partial charge in [-0.25, -0.2) is 9.97 Å². The van der Waals surface area contributed by atoms with Crippen LogP contribution in [0.2, 0.25) is 0 Å². The predicted octanol–water partition coefficient (Wildman–Crippen LogP) is 1.64. The second-order valence-electron chi connectivity index (χ2n) is 5.64. The highest BCUT2D eigenvalue weighted by Gasteiger charge is 2.25. The summed E-state index contributed by atoms with van der Waals surface area (Å²) in [6.45, 7) is 4.47. The Balaban J connectivity index is 1.66. The normalized spacial score (nSPS) is 15.0. The molecule has 0 spiro atoms. The fraction of sp³-hybridized carbons (Fsp3) is 0.353. The first kappa shape index (κ1) is 15.3. The Labute approximate surface area is 135 Å². The number of methoxy groups -OCH3 is 1. The van der Waals surface area contributed by atoms with Crippen LogP contribution in [0.4, 0.5) is 5.82 Å². The Morgan fingerprint density at radius 1 is 1.22 bits per heavy atom. The van der Waals surface area contributed by atoms with Gasteiger partial charge in [-0.3, -0.25) is 4.79 Å². The van der Waals surface area contributed by atoms with E-state index in [9.17, 15) is 4.79 Å². The van der Waals surface area contributed by atoms with Crippen LogP contribution in [0.15, 0.2) is 36.7 Å². The van der Waals surface area contributed by atoms with Crippen LogP contribution >= 0.6 is 0 Å². The molecule has 1 aliphatic rings. The van der Waals surface area contributed by atoms with Gasteiger partial charge in [-0.15, -0.1) is 0 Å². The van der Waals surface area contributed by atoms with E-state index in [0.717, 1.165) is 17.9 Å². The van der Waals surface area contributed by atoms with Gasteiger partial charge in [-0.2, -0.15) is 0 Å². The summed E-state index contributed by atoms with van der Waals surface area (Å²) in [5, 5.41) is 0. The summed E-state index contributed by atoms with van der Waals surface area (Å²) in [6.07, 6.45) is 1.46. The molecule has 0 aliphatic carbocycles. The maximum atomic E-state index is 12.4. The first-order valence-electron chi connectivity index (χ1n) is 7.60. The highest BCUT2D eigenvalue weighted by molar-refractivity contribution is 5.82. The zero-order chi connectivity index (χ0) is 16.2. The summed E-state index contributed by atoms with van der Waals surface area (Å²) >= 11 is 0. The summed E-state index contributed by atoms with van der Waals surface area (Å²) in [7, 11) is 1.57. The Morgan fingerprint density at radius 2 is 2.09 bits per heavy atom. The van der Waals surface area contributed by atoms with E-state index in [0.29, 0.717) is 25.5 Å². The lowest BCUT2D eigenvalue weighted by Crippen LogP contribution is -2.50. The van der Waals surface area contributed by atoms with Gasteiger partial charge < -0.3 is 14.5 Å². The van der Waals surface area contributed by atoms with Gasteiger partial charge >= 0.3 is 0 Å².